The number of hydrogen-bond acceptors (Lipinski definition) is 8. The average Bonchev–Trinajstić information content (AvgIpc) is 2.80. The highest BCUT2D eigenvalue weighted by molar-refractivity contribution is 6.35. The Balaban J connectivity index is 2.60. The first kappa shape index (κ1) is 28.9. The number of carbonyl (C=O) groups is 5. The zero-order valence-corrected chi connectivity index (χ0v) is 21.6. The van der Waals surface area contributed by atoms with Gasteiger partial charge in [-0.1, -0.05) is 48.5 Å². The van der Waals surface area contributed by atoms with Crippen LogP contribution >= 0.6 is 0 Å². The molecule has 196 valence electrons. The van der Waals surface area contributed by atoms with E-state index in [4.69, 9.17) is 9.47 Å². The molecule has 2 N–H and O–H groups in total. The first-order valence-electron chi connectivity index (χ1n) is 11.9. The van der Waals surface area contributed by atoms with Gasteiger partial charge in [0.05, 0.1) is 18.1 Å². The molecule has 1 fully saturated rings. The van der Waals surface area contributed by atoms with Gasteiger partial charge in [-0.2, -0.15) is 0 Å². The Morgan fingerprint density at radius 3 is 2.36 bits per heavy atom. The molecule has 3 rings (SSSR count). The molecule has 36 heavy (non-hydrogen) atoms. The van der Waals surface area contributed by atoms with Gasteiger partial charge in [0.15, 0.2) is 5.78 Å². The Morgan fingerprint density at radius 1 is 1.11 bits per heavy atom. The highest BCUT2D eigenvalue weighted by atomic mass is 16.6. The number of amides is 1. The van der Waals surface area contributed by atoms with Crippen LogP contribution in [0.15, 0.2) is 47.6 Å². The highest BCUT2D eigenvalue weighted by Gasteiger charge is 2.56. The van der Waals surface area contributed by atoms with E-state index < -0.39 is 65.1 Å². The van der Waals surface area contributed by atoms with E-state index in [-0.39, 0.29) is 6.42 Å². The van der Waals surface area contributed by atoms with Crippen LogP contribution in [0.5, 0.6) is 0 Å². The van der Waals surface area contributed by atoms with Gasteiger partial charge in [0.1, 0.15) is 17.6 Å². The van der Waals surface area contributed by atoms with Crippen molar-refractivity contribution in [2.75, 3.05) is 0 Å². The molecule has 3 aliphatic rings. The van der Waals surface area contributed by atoms with E-state index >= 15 is 0 Å². The summed E-state index contributed by atoms with van der Waals surface area (Å²) >= 11 is 0. The molecule has 0 saturated carbocycles. The quantitative estimate of drug-likeness (QED) is 0.342. The Morgan fingerprint density at radius 2 is 1.75 bits per heavy atom. The van der Waals surface area contributed by atoms with E-state index in [9.17, 15) is 29.1 Å². The van der Waals surface area contributed by atoms with Crippen molar-refractivity contribution in [1.82, 2.24) is 5.32 Å². The van der Waals surface area contributed by atoms with Crippen LogP contribution in [0.4, 0.5) is 0 Å². The predicted molar refractivity (Wildman–Crippen MR) is 131 cm³/mol. The lowest BCUT2D eigenvalue weighted by Crippen LogP contribution is -2.61. The molecule has 0 aromatic rings. The number of allylic oxidation sites excluding steroid dienone is 4. The molecular weight excluding hydrogens is 466 g/mol. The summed E-state index contributed by atoms with van der Waals surface area (Å²) in [5, 5.41) is 12.8. The highest BCUT2D eigenvalue weighted by Crippen LogP contribution is 2.38. The number of rotatable bonds is 3. The second-order valence-corrected chi connectivity index (χ2v) is 9.57. The molecule has 2 bridgehead atoms. The van der Waals surface area contributed by atoms with Gasteiger partial charge in [0.25, 0.3) is 5.91 Å². The standard InChI is InChI=1S/C27H35NO8/c1-15-7-10-20(31)11-8-16(2)13-23(28-25(33)18(4)29)27(6)24(32)17(3)22(36-26(27)34)14-21(12-9-15)35-19(5)30/h7-9,11-13,17,20-23,31H,10,14H2,1-6H3,(H,28,33)/t17-,20+,21-,22-,23-,27+/m1/s1. The minimum absolute atomic E-state index is 0.0571. The molecule has 0 unspecified atom stereocenters. The molecule has 9 heteroatoms. The molecule has 0 aromatic carbocycles. The number of ether oxygens (including phenoxy) is 2. The number of aliphatic hydroxyl groups is 1. The van der Waals surface area contributed by atoms with Crippen LogP contribution in [-0.4, -0.2) is 58.9 Å². The molecule has 2 heterocycles. The summed E-state index contributed by atoms with van der Waals surface area (Å²) in [6, 6.07) is -1.18. The first-order valence-corrected chi connectivity index (χ1v) is 11.9. The van der Waals surface area contributed by atoms with Gasteiger partial charge in [-0.3, -0.25) is 24.0 Å². The zero-order chi connectivity index (χ0) is 27.2. The molecular formula is C27H35NO8. The van der Waals surface area contributed by atoms with Crippen LogP contribution in [0.1, 0.15) is 54.4 Å². The fourth-order valence-corrected chi connectivity index (χ4v) is 4.13. The second-order valence-electron chi connectivity index (χ2n) is 9.57. The fraction of sp³-hybridized carbons (Fsp3) is 0.519. The topological polar surface area (TPSA) is 136 Å². The van der Waals surface area contributed by atoms with Gasteiger partial charge in [0, 0.05) is 20.3 Å². The maximum Gasteiger partial charge on any atom is 0.322 e. The van der Waals surface area contributed by atoms with Crippen LogP contribution in [0.3, 0.4) is 0 Å². The van der Waals surface area contributed by atoms with Gasteiger partial charge >= 0.3 is 11.9 Å². The molecule has 0 radical (unpaired) electrons. The molecule has 1 saturated heterocycles. The predicted octanol–water partition coefficient (Wildman–Crippen LogP) is 2.29. The summed E-state index contributed by atoms with van der Waals surface area (Å²) in [6.07, 6.45) is 7.78. The van der Waals surface area contributed by atoms with Crippen molar-refractivity contribution in [2.24, 2.45) is 11.3 Å². The molecule has 9 nitrogen and oxygen atoms in total. The van der Waals surface area contributed by atoms with E-state index in [1.54, 1.807) is 38.2 Å². The smallest absolute Gasteiger partial charge is 0.322 e. The van der Waals surface area contributed by atoms with Gasteiger partial charge in [0.2, 0.25) is 5.78 Å². The molecule has 2 aliphatic heterocycles. The van der Waals surface area contributed by atoms with Crippen LogP contribution in [0.2, 0.25) is 0 Å². The van der Waals surface area contributed by atoms with Gasteiger partial charge < -0.3 is 19.9 Å². The number of Topliss-reactive ketones (excluding diaryl/α,β-unsaturated/α-hetero) is 2. The second kappa shape index (κ2) is 12.1. The van der Waals surface area contributed by atoms with Crippen LogP contribution in [0, 0.1) is 11.3 Å². The summed E-state index contributed by atoms with van der Waals surface area (Å²) < 4.78 is 11.1. The summed E-state index contributed by atoms with van der Waals surface area (Å²) in [5.41, 5.74) is -0.437. The van der Waals surface area contributed by atoms with Gasteiger partial charge in [-0.25, -0.2) is 0 Å². The third kappa shape index (κ3) is 7.10. The van der Waals surface area contributed by atoms with E-state index in [0.717, 1.165) is 12.5 Å². The minimum atomic E-state index is -1.81. The molecule has 0 spiro atoms. The Labute approximate surface area is 211 Å². The van der Waals surface area contributed by atoms with Crippen LogP contribution < -0.4 is 5.32 Å². The number of esters is 2. The lowest BCUT2D eigenvalue weighted by molar-refractivity contribution is -0.182. The summed E-state index contributed by atoms with van der Waals surface area (Å²) in [5.74, 6) is -4.37. The van der Waals surface area contributed by atoms with Crippen molar-refractivity contribution in [3.8, 4) is 0 Å². The van der Waals surface area contributed by atoms with E-state index in [1.165, 1.54) is 19.9 Å². The van der Waals surface area contributed by atoms with Crippen molar-refractivity contribution in [3.05, 3.63) is 47.6 Å². The number of ketones is 2. The van der Waals surface area contributed by atoms with Crippen molar-refractivity contribution >= 4 is 29.4 Å². The molecule has 0 aromatic heterocycles. The molecule has 1 aliphatic carbocycles. The number of carbonyl (C=O) groups excluding carboxylic acids is 5. The number of hydrogen-bond donors (Lipinski definition) is 2. The van der Waals surface area contributed by atoms with Crippen molar-refractivity contribution in [3.63, 3.8) is 0 Å². The Kier molecular flexibility index (Phi) is 9.69. The maximum absolute atomic E-state index is 13.6. The third-order valence-electron chi connectivity index (χ3n) is 6.44. The van der Waals surface area contributed by atoms with Crippen molar-refractivity contribution in [1.29, 1.82) is 0 Å². The van der Waals surface area contributed by atoms with E-state index in [1.807, 2.05) is 13.0 Å². The average molecular weight is 502 g/mol. The summed E-state index contributed by atoms with van der Waals surface area (Å²) in [7, 11) is 0. The fourth-order valence-electron chi connectivity index (χ4n) is 4.13. The minimum Gasteiger partial charge on any atom is -0.461 e. The Hall–Kier alpha value is -3.33. The van der Waals surface area contributed by atoms with Gasteiger partial charge in [-0.15, -0.1) is 0 Å². The zero-order valence-electron chi connectivity index (χ0n) is 21.6. The molecule has 1 amide bonds. The largest absolute Gasteiger partial charge is 0.461 e. The lowest BCUT2D eigenvalue weighted by Gasteiger charge is -2.42. The normalized spacial score (nSPS) is 31.6. The van der Waals surface area contributed by atoms with Crippen molar-refractivity contribution < 1.29 is 38.6 Å². The monoisotopic (exact) mass is 501 g/mol. The van der Waals surface area contributed by atoms with E-state index in [2.05, 4.69) is 5.32 Å². The Bertz CT molecular complexity index is 1040. The first-order chi connectivity index (χ1) is 16.7. The molecule has 6 atom stereocenters. The van der Waals surface area contributed by atoms with Crippen molar-refractivity contribution in [2.45, 2.75) is 78.7 Å². The summed E-state index contributed by atoms with van der Waals surface area (Å²) in [4.78, 5) is 62.5. The van der Waals surface area contributed by atoms with Gasteiger partial charge in [-0.05, 0) is 33.3 Å². The van der Waals surface area contributed by atoms with Crippen LogP contribution in [0.25, 0.3) is 0 Å². The number of nitrogens with one attached hydrogen (secondary N) is 1. The van der Waals surface area contributed by atoms with E-state index in [0.29, 0.717) is 12.0 Å². The number of aliphatic hydroxyl groups excluding tert-OH is 1. The third-order valence-corrected chi connectivity index (χ3v) is 6.44. The number of fused-ring (bicyclic) bond motifs is 10. The summed E-state index contributed by atoms with van der Waals surface area (Å²) in [6.45, 7) is 8.85. The lowest BCUT2D eigenvalue weighted by atomic mass is 9.69. The SMILES string of the molecule is CC(=O)O[C@@H]1C=CC(C)=CC[C@H](O)C=CC(C)=C[C@@H](NC(=O)C(C)=O)[C@]2(C)C(=O)O[C@H](C1)[C@@H](C)C2=O. The van der Waals surface area contributed by atoms with Crippen LogP contribution in [-0.2, 0) is 33.4 Å². The maximum atomic E-state index is 13.6.